The van der Waals surface area contributed by atoms with Gasteiger partial charge in [-0.3, -0.25) is 4.79 Å². The Hall–Kier alpha value is -0.570. The van der Waals surface area contributed by atoms with Gasteiger partial charge in [-0.1, -0.05) is 98.3 Å². The summed E-state index contributed by atoms with van der Waals surface area (Å²) >= 11 is 0. The summed E-state index contributed by atoms with van der Waals surface area (Å²) in [5, 5.41) is 9.58. The largest absolute Gasteiger partial charge is 0.481 e. The molecule has 0 aromatic heterocycles. The molecule has 0 aromatic rings. The van der Waals surface area contributed by atoms with Gasteiger partial charge in [-0.15, -0.1) is 0 Å². The monoisotopic (exact) mass is 367 g/mol. The van der Waals surface area contributed by atoms with Crippen molar-refractivity contribution < 1.29 is 9.90 Å². The minimum Gasteiger partial charge on any atom is -0.481 e. The second-order valence-corrected chi connectivity index (χ2v) is 9.80. The fourth-order valence-corrected chi connectivity index (χ4v) is 4.76. The topological polar surface area (TPSA) is 63.3 Å². The van der Waals surface area contributed by atoms with E-state index >= 15 is 0 Å². The fourth-order valence-electron chi connectivity index (χ4n) is 4.76. The lowest BCUT2D eigenvalue weighted by Gasteiger charge is -2.44. The Morgan fingerprint density at radius 2 is 1.42 bits per heavy atom. The van der Waals surface area contributed by atoms with Crippen LogP contribution in [0, 0.1) is 23.2 Å². The van der Waals surface area contributed by atoms with E-state index < -0.39 is 5.97 Å². The highest BCUT2D eigenvalue weighted by Crippen LogP contribution is 2.43. The highest BCUT2D eigenvalue weighted by molar-refractivity contribution is 5.71. The van der Waals surface area contributed by atoms with Gasteiger partial charge < -0.3 is 10.8 Å². The Bertz CT molecular complexity index is 388. The lowest BCUT2D eigenvalue weighted by atomic mass is 9.62. The zero-order valence-electron chi connectivity index (χ0n) is 17.9. The third kappa shape index (κ3) is 8.41. The summed E-state index contributed by atoms with van der Waals surface area (Å²) in [5.41, 5.74) is 6.43. The molecule has 26 heavy (non-hydrogen) atoms. The quantitative estimate of drug-likeness (QED) is 0.392. The van der Waals surface area contributed by atoms with Crippen molar-refractivity contribution in [3.63, 3.8) is 0 Å². The molecule has 0 aliphatic heterocycles. The number of carbonyl (C=O) groups is 1. The lowest BCUT2D eigenvalue weighted by molar-refractivity contribution is -0.145. The molecular weight excluding hydrogens is 322 g/mol. The Balaban J connectivity index is 2.26. The standard InChI is InChI=1S/C23H45NO2/c1-5-6-7-8-9-10-11-12-13-14-15-18-16-19(22(25)26)21(24)20(17-18)23(2,3)4/h18-21H,5-17,24H2,1-4H3,(H,25,26). The third-order valence-corrected chi connectivity index (χ3v) is 6.50. The van der Waals surface area contributed by atoms with Crippen LogP contribution in [0.15, 0.2) is 0 Å². The van der Waals surface area contributed by atoms with Crippen LogP contribution in [0.4, 0.5) is 0 Å². The maximum absolute atomic E-state index is 11.6. The second kappa shape index (κ2) is 12.0. The summed E-state index contributed by atoms with van der Waals surface area (Å²) in [6.07, 6.45) is 16.6. The predicted molar refractivity (Wildman–Crippen MR) is 111 cm³/mol. The van der Waals surface area contributed by atoms with Gasteiger partial charge in [0.25, 0.3) is 0 Å². The Morgan fingerprint density at radius 3 is 1.88 bits per heavy atom. The molecule has 0 aromatic carbocycles. The first-order chi connectivity index (χ1) is 12.3. The van der Waals surface area contributed by atoms with E-state index in [0.29, 0.717) is 11.8 Å². The van der Waals surface area contributed by atoms with Crippen LogP contribution in [-0.2, 0) is 4.79 Å². The first-order valence-electron chi connectivity index (χ1n) is 11.3. The van der Waals surface area contributed by atoms with Crippen LogP contribution >= 0.6 is 0 Å². The maximum atomic E-state index is 11.6. The molecule has 1 rings (SSSR count). The van der Waals surface area contributed by atoms with Gasteiger partial charge in [0.1, 0.15) is 0 Å². The van der Waals surface area contributed by atoms with Crippen molar-refractivity contribution in [3.05, 3.63) is 0 Å². The van der Waals surface area contributed by atoms with Crippen LogP contribution in [-0.4, -0.2) is 17.1 Å². The number of carboxylic acids is 1. The van der Waals surface area contributed by atoms with E-state index in [1.165, 1.54) is 70.6 Å². The van der Waals surface area contributed by atoms with Crippen molar-refractivity contribution in [1.82, 2.24) is 0 Å². The normalized spacial score (nSPS) is 26.8. The second-order valence-electron chi connectivity index (χ2n) is 9.80. The van der Waals surface area contributed by atoms with Crippen LogP contribution in [0.5, 0.6) is 0 Å². The van der Waals surface area contributed by atoms with Crippen molar-refractivity contribution in [2.45, 2.75) is 117 Å². The van der Waals surface area contributed by atoms with E-state index in [0.717, 1.165) is 12.8 Å². The molecule has 4 unspecified atom stereocenters. The number of nitrogens with two attached hydrogens (primary N) is 1. The van der Waals surface area contributed by atoms with Crippen LogP contribution in [0.25, 0.3) is 0 Å². The summed E-state index contributed by atoms with van der Waals surface area (Å²) < 4.78 is 0. The minimum absolute atomic E-state index is 0.0869. The van der Waals surface area contributed by atoms with E-state index in [9.17, 15) is 9.90 Å². The van der Waals surface area contributed by atoms with E-state index in [1.54, 1.807) is 0 Å². The summed E-state index contributed by atoms with van der Waals surface area (Å²) in [6, 6.07) is -0.198. The van der Waals surface area contributed by atoms with Crippen molar-refractivity contribution >= 4 is 5.97 Å². The van der Waals surface area contributed by atoms with Crippen LogP contribution in [0.3, 0.4) is 0 Å². The molecule has 0 amide bonds. The molecule has 0 bridgehead atoms. The van der Waals surface area contributed by atoms with Gasteiger partial charge in [0, 0.05) is 6.04 Å². The van der Waals surface area contributed by atoms with Crippen molar-refractivity contribution in [2.24, 2.45) is 28.9 Å². The van der Waals surface area contributed by atoms with E-state index in [1.807, 2.05) is 0 Å². The molecule has 154 valence electrons. The molecule has 0 heterocycles. The van der Waals surface area contributed by atoms with Crippen LogP contribution < -0.4 is 5.73 Å². The molecule has 0 spiro atoms. The summed E-state index contributed by atoms with van der Waals surface area (Å²) in [4.78, 5) is 11.6. The molecule has 3 nitrogen and oxygen atoms in total. The number of rotatable bonds is 12. The van der Waals surface area contributed by atoms with E-state index in [4.69, 9.17) is 5.73 Å². The zero-order chi connectivity index (χ0) is 19.6. The number of carboxylic acid groups (broad SMARTS) is 1. The zero-order valence-corrected chi connectivity index (χ0v) is 17.9. The van der Waals surface area contributed by atoms with Gasteiger partial charge in [0.2, 0.25) is 0 Å². The molecular formula is C23H45NO2. The Morgan fingerprint density at radius 1 is 0.923 bits per heavy atom. The van der Waals surface area contributed by atoms with Gasteiger partial charge in [-0.25, -0.2) is 0 Å². The molecule has 1 saturated carbocycles. The summed E-state index contributed by atoms with van der Waals surface area (Å²) in [6.45, 7) is 8.89. The molecule has 3 heteroatoms. The third-order valence-electron chi connectivity index (χ3n) is 6.50. The minimum atomic E-state index is -0.695. The molecule has 3 N–H and O–H groups in total. The van der Waals surface area contributed by atoms with Gasteiger partial charge in [-0.2, -0.15) is 0 Å². The summed E-state index contributed by atoms with van der Waals surface area (Å²) in [5.74, 6) is -0.208. The number of aliphatic carboxylic acids is 1. The number of hydrogen-bond acceptors (Lipinski definition) is 2. The van der Waals surface area contributed by atoms with E-state index in [-0.39, 0.29) is 17.4 Å². The van der Waals surface area contributed by atoms with Gasteiger partial charge >= 0.3 is 5.97 Å². The van der Waals surface area contributed by atoms with Crippen molar-refractivity contribution in [1.29, 1.82) is 0 Å². The predicted octanol–water partition coefficient (Wildman–Crippen LogP) is 6.40. The number of unbranched alkanes of at least 4 members (excludes halogenated alkanes) is 9. The van der Waals surface area contributed by atoms with Gasteiger partial charge in [-0.05, 0) is 30.1 Å². The molecule has 4 atom stereocenters. The van der Waals surface area contributed by atoms with Gasteiger partial charge in [0.05, 0.1) is 5.92 Å². The average molecular weight is 368 g/mol. The van der Waals surface area contributed by atoms with Gasteiger partial charge in [0.15, 0.2) is 0 Å². The first kappa shape index (κ1) is 23.5. The fraction of sp³-hybridized carbons (Fsp3) is 0.957. The van der Waals surface area contributed by atoms with Crippen molar-refractivity contribution in [3.8, 4) is 0 Å². The molecule has 1 fully saturated rings. The maximum Gasteiger partial charge on any atom is 0.308 e. The van der Waals surface area contributed by atoms with Crippen LogP contribution in [0.1, 0.15) is 111 Å². The molecule has 1 aliphatic rings. The Kier molecular flexibility index (Phi) is 10.8. The highest BCUT2D eigenvalue weighted by atomic mass is 16.4. The lowest BCUT2D eigenvalue weighted by Crippen LogP contribution is -2.51. The molecule has 0 saturated heterocycles. The average Bonchev–Trinajstić information content (AvgIpc) is 2.56. The summed E-state index contributed by atoms with van der Waals surface area (Å²) in [7, 11) is 0. The number of hydrogen-bond donors (Lipinski definition) is 2. The molecule has 1 aliphatic carbocycles. The van der Waals surface area contributed by atoms with Crippen LogP contribution in [0.2, 0.25) is 0 Å². The van der Waals surface area contributed by atoms with Crippen molar-refractivity contribution in [2.75, 3.05) is 0 Å². The van der Waals surface area contributed by atoms with E-state index in [2.05, 4.69) is 27.7 Å². The first-order valence-corrected chi connectivity index (χ1v) is 11.3. The molecule has 0 radical (unpaired) electrons. The smallest absolute Gasteiger partial charge is 0.308 e. The highest BCUT2D eigenvalue weighted by Gasteiger charge is 2.43. The SMILES string of the molecule is CCCCCCCCCCCCC1CC(C(=O)O)C(N)C(C(C)(C)C)C1. The Labute approximate surface area is 162 Å².